The van der Waals surface area contributed by atoms with E-state index in [1.165, 1.54) is 90.6 Å². The van der Waals surface area contributed by atoms with E-state index in [9.17, 15) is 43.3 Å². The van der Waals surface area contributed by atoms with Crippen LogP contribution in [0.2, 0.25) is 30.1 Å². The number of H-pyrrole nitrogens is 6. The first kappa shape index (κ1) is 105. The number of non-ortho nitro benzene ring substituents is 1. The summed E-state index contributed by atoms with van der Waals surface area (Å²) in [6.07, 6.45) is 2.74. The average molecular weight is 2320 g/mol. The smallest absolute Gasteiger partial charge is 0.453 e. The normalized spacial score (nSPS) is 16.9. The molecule has 6 aromatic heterocycles. The zero-order chi connectivity index (χ0) is 104. The number of benzene rings is 12. The lowest BCUT2D eigenvalue weighted by atomic mass is 9.92. The third kappa shape index (κ3) is 22.3. The van der Waals surface area contributed by atoms with Gasteiger partial charge in [0.25, 0.3) is 5.69 Å². The van der Waals surface area contributed by atoms with Crippen molar-refractivity contribution in [1.82, 2.24) is 60.3 Å². The first-order valence-electron chi connectivity index (χ1n) is 48.4. The van der Waals surface area contributed by atoms with Crippen molar-refractivity contribution in [2.75, 3.05) is 66.2 Å². The van der Waals surface area contributed by atoms with Crippen molar-refractivity contribution in [3.8, 4) is 5.75 Å². The van der Waals surface area contributed by atoms with E-state index in [0.717, 1.165) is 163 Å². The lowest BCUT2D eigenvalue weighted by Crippen LogP contribution is -2.41. The van der Waals surface area contributed by atoms with Crippen molar-refractivity contribution in [1.29, 1.82) is 0 Å². The van der Waals surface area contributed by atoms with E-state index in [-0.39, 0.29) is 49.2 Å². The van der Waals surface area contributed by atoms with Gasteiger partial charge in [-0.05, 0) is 284 Å². The molecule has 0 spiro atoms. The van der Waals surface area contributed by atoms with Gasteiger partial charge < -0.3 is 69.4 Å². The quantitative estimate of drug-likeness (QED) is 0.0191. The molecule has 36 heteroatoms. The number of nitrogens with one attached hydrogen (secondary N) is 8. The number of methoxy groups -OCH3 is 1. The summed E-state index contributed by atoms with van der Waals surface area (Å²) in [7, 11) is 1.30. The second kappa shape index (κ2) is 46.0. The Balaban J connectivity index is 0.000000113. The molecule has 6 aliphatic rings. The van der Waals surface area contributed by atoms with Crippen LogP contribution < -0.4 is 15.4 Å². The summed E-state index contributed by atoms with van der Waals surface area (Å²) in [5, 5.41) is 41.1. The first-order valence-corrected chi connectivity index (χ1v) is 53.1. The zero-order valence-electron chi connectivity index (χ0n) is 80.6. The number of ether oxygens (including phenoxy) is 5. The third-order valence-electron chi connectivity index (χ3n) is 27.5. The van der Waals surface area contributed by atoms with Gasteiger partial charge in [0.15, 0.2) is 11.6 Å². The fourth-order valence-corrected chi connectivity index (χ4v) is 23.3. The van der Waals surface area contributed by atoms with Crippen LogP contribution in [0.4, 0.5) is 33.6 Å². The number of aromatic amines is 6. The molecular weight excluding hydrogens is 2220 g/mol. The van der Waals surface area contributed by atoms with Crippen LogP contribution in [0.15, 0.2) is 262 Å². The van der Waals surface area contributed by atoms with Gasteiger partial charge >= 0.3 is 24.4 Å². The van der Waals surface area contributed by atoms with Crippen LogP contribution in [0, 0.1) is 21.7 Å². The molecular formula is C113H98Br3Cl6F2N13O12. The molecule has 12 aromatic carbocycles. The van der Waals surface area contributed by atoms with Crippen molar-refractivity contribution in [2.45, 2.75) is 95.5 Å². The molecule has 25 nitrogen and oxygen atoms in total. The molecule has 24 rings (SSSR count). The van der Waals surface area contributed by atoms with E-state index in [1.807, 2.05) is 109 Å². The van der Waals surface area contributed by atoms with Crippen LogP contribution in [0.25, 0.3) is 65.4 Å². The first-order chi connectivity index (χ1) is 72.1. The van der Waals surface area contributed by atoms with Gasteiger partial charge in [-0.25, -0.2) is 28.0 Å². The molecule has 0 aliphatic carbocycles. The molecule has 0 bridgehead atoms. The van der Waals surface area contributed by atoms with Crippen LogP contribution in [0.5, 0.6) is 5.75 Å². The molecule has 0 fully saturated rings. The van der Waals surface area contributed by atoms with Gasteiger partial charge in [0, 0.05) is 195 Å². The highest BCUT2D eigenvalue weighted by atomic mass is 79.9. The largest absolute Gasteiger partial charge is 0.513 e. The monoisotopic (exact) mass is 2310 g/mol. The number of aromatic nitrogens is 6. The summed E-state index contributed by atoms with van der Waals surface area (Å²) >= 11 is 47.8. The number of nitro benzene ring substituents is 1. The van der Waals surface area contributed by atoms with Gasteiger partial charge in [0.2, 0.25) is 0 Å². The molecule has 0 radical (unpaired) electrons. The minimum atomic E-state index is -0.960. The molecule has 6 atom stereocenters. The number of hydrogen-bond donors (Lipinski definition) is 9. The number of hydrogen-bond acceptors (Lipinski definition) is 15. The molecule has 3 amide bonds. The molecule has 12 heterocycles. The summed E-state index contributed by atoms with van der Waals surface area (Å²) in [5.74, 6) is -1.53. The Hall–Kier alpha value is -12.8. The predicted octanol–water partition coefficient (Wildman–Crippen LogP) is 29.7. The van der Waals surface area contributed by atoms with Crippen LogP contribution in [-0.2, 0) is 57.5 Å². The van der Waals surface area contributed by atoms with Crippen LogP contribution in [-0.4, -0.2) is 150 Å². The SMILES string of the molecule is CCOC(=O)N1CCc2c([nH]c3ccc(Cl)cc23)C1c1cccc([N+](=O)[O-])c1.CCOC(=O)Oc1ccc(C2c3[nH]c4ccc(Cl)cc4c3CCN2C(=O)OCC)cc1.COC(=O)N1CCc2c([nH]c3ccc(Cl)cc23)C1c1ccc(F)c(F)c1.Clc1ccc(C2NCCc3c2[nH]c2ccc(Br)cc32)c(Cl)c1.Clc1cccc(C2NCCc3c2[nH]c2ccc(Br)cc32)c1.ON1CCc2c([nH]c3ccc(Br)cc23)C1c1ccccc1. The lowest BCUT2D eigenvalue weighted by Gasteiger charge is -2.35. The van der Waals surface area contributed by atoms with Crippen molar-refractivity contribution >= 4 is 213 Å². The number of nitro groups is 1. The van der Waals surface area contributed by atoms with E-state index in [1.54, 1.807) is 73.0 Å². The number of amides is 3. The minimum Gasteiger partial charge on any atom is -0.453 e. The van der Waals surface area contributed by atoms with Crippen LogP contribution in [0.1, 0.15) is 158 Å². The molecule has 6 aliphatic heterocycles. The zero-order valence-corrected chi connectivity index (χ0v) is 89.9. The topological polar surface area (TPSA) is 310 Å². The van der Waals surface area contributed by atoms with Crippen LogP contribution >= 0.6 is 117 Å². The van der Waals surface area contributed by atoms with E-state index >= 15 is 0 Å². The summed E-state index contributed by atoms with van der Waals surface area (Å²) in [4.78, 5) is 85.7. The van der Waals surface area contributed by atoms with Crippen molar-refractivity contribution in [2.24, 2.45) is 0 Å². The maximum absolute atomic E-state index is 13.8. The van der Waals surface area contributed by atoms with E-state index < -0.39 is 47.0 Å². The average Bonchev–Trinajstić information content (AvgIpc) is 1.53. The number of carbonyl (C=O) groups excluding carboxylic acids is 4. The van der Waals surface area contributed by atoms with E-state index in [0.29, 0.717) is 94.0 Å². The highest BCUT2D eigenvalue weighted by Crippen LogP contribution is 2.48. The Morgan fingerprint density at radius 1 is 0.383 bits per heavy atom. The summed E-state index contributed by atoms with van der Waals surface area (Å²) in [6.45, 7) is 9.93. The Kier molecular flexibility index (Phi) is 32.3. The summed E-state index contributed by atoms with van der Waals surface area (Å²) < 4.78 is 55.9. The molecule has 18 aromatic rings. The maximum Gasteiger partial charge on any atom is 0.513 e. The Labute approximate surface area is 909 Å². The van der Waals surface area contributed by atoms with Gasteiger partial charge in [-0.3, -0.25) is 24.8 Å². The molecule has 0 saturated carbocycles. The molecule has 764 valence electrons. The second-order valence-corrected chi connectivity index (χ2v) is 41.6. The number of halogens is 11. The summed E-state index contributed by atoms with van der Waals surface area (Å²) in [5.41, 5.74) is 24.9. The number of rotatable bonds is 11. The summed E-state index contributed by atoms with van der Waals surface area (Å²) in [6, 6.07) is 75.5. The fraction of sp³-hybridized carbons (Fsp3) is 0.221. The highest BCUT2D eigenvalue weighted by molar-refractivity contribution is 9.11. The Morgan fingerprint density at radius 2 is 0.765 bits per heavy atom. The molecule has 0 saturated heterocycles. The minimum absolute atomic E-state index is 0.0208. The van der Waals surface area contributed by atoms with Gasteiger partial charge in [0.1, 0.15) is 29.9 Å². The molecule has 149 heavy (non-hydrogen) atoms. The number of fused-ring (bicyclic) bond motifs is 18. The maximum atomic E-state index is 13.8. The predicted molar refractivity (Wildman–Crippen MR) is 590 cm³/mol. The van der Waals surface area contributed by atoms with E-state index in [4.69, 9.17) is 93.3 Å². The number of carbonyl (C=O) groups is 4. The van der Waals surface area contributed by atoms with Crippen molar-refractivity contribution in [3.05, 3.63) is 415 Å². The number of hydroxylamine groups is 2. The highest BCUT2D eigenvalue weighted by Gasteiger charge is 2.41. The standard InChI is InChI=1S/C23H23ClN2O5.C20H18ClN3O4.C19H15ClF2N2O2.C17H13BrCl2N2.C17H14BrClN2.C17H15BrN2O/c1-3-29-22(27)26-12-11-17-18-13-15(24)7-10-19(18)25-20(17)21(26)14-5-8-16(9-6-14)31-23(28)30-4-2;1-2-28-20(25)23-9-8-15-16-11-13(21)6-7-17(16)22-18(15)19(23)12-4-3-5-14(10-12)24(26)27;1-26-19(25)24-7-6-12-13-9-11(20)3-5-16(13)23-17(12)18(24)10-2-4-14(21)15(22)8-10;18-9-1-4-15-13(7-9)11-5-6-21-16(17(11)22-15)12-3-2-10(19)8-14(12)20;18-11-4-5-15-14(9-11)13-6-7-20-16(17(13)21-15)10-2-1-3-12(19)8-10;18-12-6-7-15-14(10-12)13-8-9-20(21)17(16(13)19-15)11-4-2-1-3-5-11/h5-10,13,21,25H,3-4,11-12H2,1-2H3;3-7,10-11,19,22H,2,8-9H2,1H3;2-5,8-9,18,23H,6-7H2,1H3;1-4,7-8,16,21-22H,5-6H2;1-5,8-9,16,20-21H,6-7H2;1-7,10,17,19,21H,8-9H2. The lowest BCUT2D eigenvalue weighted by molar-refractivity contribution is -0.384. The Morgan fingerprint density at radius 3 is 1.23 bits per heavy atom. The molecule has 9 N–H and O–H groups in total. The van der Waals surface area contributed by atoms with Crippen molar-refractivity contribution in [3.63, 3.8) is 0 Å². The number of nitrogens with zero attached hydrogens (tertiary/aromatic N) is 5. The third-order valence-corrected chi connectivity index (χ3v) is 30.4. The molecule has 6 unspecified atom stereocenters. The fourth-order valence-electron chi connectivity index (χ4n) is 21.0. The van der Waals surface area contributed by atoms with E-state index in [2.05, 4.69) is 155 Å². The van der Waals surface area contributed by atoms with Gasteiger partial charge in [-0.1, -0.05) is 196 Å². The van der Waals surface area contributed by atoms with Gasteiger partial charge in [-0.15, -0.1) is 0 Å². The Bertz CT molecular complexity index is 8130. The van der Waals surface area contributed by atoms with Crippen LogP contribution in [0.3, 0.4) is 0 Å². The van der Waals surface area contributed by atoms with Crippen molar-refractivity contribution < 1.29 is 61.8 Å². The second-order valence-electron chi connectivity index (χ2n) is 36.2. The van der Waals surface area contributed by atoms with Gasteiger partial charge in [0.05, 0.1) is 43.9 Å². The van der Waals surface area contributed by atoms with Gasteiger partial charge in [-0.2, -0.15) is 5.06 Å².